The average Bonchev–Trinajstić information content (AvgIpc) is 2.93. The molecule has 0 aliphatic carbocycles. The number of nitrogens with zero attached hydrogens (tertiary/aromatic N) is 1. The number of anilines is 2. The molecule has 0 radical (unpaired) electrons. The lowest BCUT2D eigenvalue weighted by molar-refractivity contribution is 0.101. The second-order valence-corrected chi connectivity index (χ2v) is 6.51. The number of sulfonamides is 1. The van der Waals surface area contributed by atoms with Crippen molar-refractivity contribution in [3.63, 3.8) is 0 Å². The zero-order valence-corrected chi connectivity index (χ0v) is 13.4. The summed E-state index contributed by atoms with van der Waals surface area (Å²) < 4.78 is 27.7. The van der Waals surface area contributed by atoms with Crippen molar-refractivity contribution in [1.29, 1.82) is 0 Å². The van der Waals surface area contributed by atoms with Crippen LogP contribution in [0.1, 0.15) is 10.5 Å². The second kappa shape index (κ2) is 6.20. The van der Waals surface area contributed by atoms with Gasteiger partial charge < -0.3 is 15.2 Å². The molecule has 3 N–H and O–H groups in total. The minimum absolute atomic E-state index is 0.0798. The Kier molecular flexibility index (Phi) is 4.53. The van der Waals surface area contributed by atoms with Gasteiger partial charge in [0.05, 0.1) is 16.3 Å². The fraction of sp³-hybridized carbons (Fsp3) is 0.214. The van der Waals surface area contributed by atoms with Crippen molar-refractivity contribution >= 4 is 27.3 Å². The molecule has 0 atom stereocenters. The first-order valence-corrected chi connectivity index (χ1v) is 8.05. The molecule has 0 aliphatic rings. The Bertz CT molecular complexity index is 796. The highest BCUT2D eigenvalue weighted by Crippen LogP contribution is 2.25. The van der Waals surface area contributed by atoms with Crippen molar-refractivity contribution in [3.05, 3.63) is 42.2 Å². The molecule has 22 heavy (non-hydrogen) atoms. The zero-order valence-electron chi connectivity index (χ0n) is 12.5. The molecular formula is C14H18N4O3S. The number of carbonyl (C=O) groups is 1. The van der Waals surface area contributed by atoms with Gasteiger partial charge in [-0.1, -0.05) is 0 Å². The Morgan fingerprint density at radius 2 is 1.86 bits per heavy atom. The van der Waals surface area contributed by atoms with Gasteiger partial charge >= 0.3 is 0 Å². The van der Waals surface area contributed by atoms with Gasteiger partial charge in [-0.05, 0) is 37.4 Å². The van der Waals surface area contributed by atoms with Crippen LogP contribution in [0.25, 0.3) is 0 Å². The third kappa shape index (κ3) is 3.12. The van der Waals surface area contributed by atoms with Gasteiger partial charge in [0.1, 0.15) is 5.69 Å². The number of rotatable bonds is 5. The van der Waals surface area contributed by atoms with Crippen molar-refractivity contribution in [3.8, 4) is 0 Å². The van der Waals surface area contributed by atoms with Crippen molar-refractivity contribution in [2.45, 2.75) is 4.90 Å². The normalized spacial score (nSPS) is 11.2. The molecule has 2 aromatic rings. The maximum atomic E-state index is 12.3. The molecule has 0 fully saturated rings. The Balaban J connectivity index is 2.39. The van der Waals surface area contributed by atoms with E-state index in [2.05, 4.69) is 15.4 Å². The Hall–Kier alpha value is -2.32. The van der Waals surface area contributed by atoms with Crippen molar-refractivity contribution < 1.29 is 13.2 Å². The minimum Gasteiger partial charge on any atom is -0.386 e. The van der Waals surface area contributed by atoms with Crippen molar-refractivity contribution in [1.82, 2.24) is 9.29 Å². The summed E-state index contributed by atoms with van der Waals surface area (Å²) in [7, 11) is 1.21. The van der Waals surface area contributed by atoms with Crippen LogP contribution in [0.2, 0.25) is 0 Å². The van der Waals surface area contributed by atoms with E-state index in [1.54, 1.807) is 43.1 Å². The van der Waals surface area contributed by atoms with E-state index >= 15 is 0 Å². The topological polar surface area (TPSA) is 92.2 Å². The summed E-state index contributed by atoms with van der Waals surface area (Å²) in [5.41, 5.74) is 1.49. The van der Waals surface area contributed by atoms with Crippen LogP contribution >= 0.6 is 0 Å². The molecule has 0 aliphatic heterocycles. The Labute approximate surface area is 129 Å². The first kappa shape index (κ1) is 16.1. The molecular weight excluding hydrogens is 304 g/mol. The molecule has 0 unspecified atom stereocenters. The molecule has 118 valence electrons. The second-order valence-electron chi connectivity index (χ2n) is 4.62. The van der Waals surface area contributed by atoms with Crippen LogP contribution in [0.15, 0.2) is 41.4 Å². The van der Waals surface area contributed by atoms with Gasteiger partial charge in [0.25, 0.3) is 5.91 Å². The zero-order chi connectivity index (χ0) is 16.3. The van der Waals surface area contributed by atoms with Gasteiger partial charge in [-0.15, -0.1) is 0 Å². The number of benzene rings is 1. The number of aromatic nitrogens is 1. The molecule has 1 aromatic carbocycles. The van der Waals surface area contributed by atoms with Gasteiger partial charge in [-0.2, -0.15) is 0 Å². The quantitative estimate of drug-likeness (QED) is 0.772. The Morgan fingerprint density at radius 3 is 2.41 bits per heavy atom. The molecule has 1 aromatic heterocycles. The molecule has 1 amide bonds. The van der Waals surface area contributed by atoms with Crippen LogP contribution < -0.4 is 15.4 Å². The lowest BCUT2D eigenvalue weighted by atomic mass is 10.2. The van der Waals surface area contributed by atoms with Gasteiger partial charge in [0.2, 0.25) is 10.0 Å². The summed E-state index contributed by atoms with van der Waals surface area (Å²) in [4.78, 5) is 12.3. The average molecular weight is 322 g/mol. The molecule has 7 nitrogen and oxygen atoms in total. The van der Waals surface area contributed by atoms with E-state index in [-0.39, 0.29) is 10.8 Å². The molecule has 2 rings (SSSR count). The van der Waals surface area contributed by atoms with Gasteiger partial charge in [-0.3, -0.25) is 4.79 Å². The molecule has 8 heteroatoms. The number of amides is 1. The Morgan fingerprint density at radius 1 is 1.14 bits per heavy atom. The SMILES string of the molecule is CNc1ccc(S(=O)(=O)NC)cc1NC(=O)c1cccn1C. The summed E-state index contributed by atoms with van der Waals surface area (Å²) in [6, 6.07) is 7.93. The van der Waals surface area contributed by atoms with E-state index < -0.39 is 10.0 Å². The first-order chi connectivity index (χ1) is 10.4. The number of aryl methyl sites for hydroxylation is 1. The molecule has 0 saturated heterocycles. The fourth-order valence-corrected chi connectivity index (χ4v) is 2.77. The summed E-state index contributed by atoms with van der Waals surface area (Å²) in [5, 5.41) is 5.65. The van der Waals surface area contributed by atoms with Crippen LogP contribution in [-0.2, 0) is 17.1 Å². The molecule has 0 spiro atoms. The lowest BCUT2D eigenvalue weighted by Crippen LogP contribution is -2.20. The highest BCUT2D eigenvalue weighted by molar-refractivity contribution is 7.89. The summed E-state index contributed by atoms with van der Waals surface area (Å²) in [6.07, 6.45) is 1.76. The van der Waals surface area contributed by atoms with E-state index in [9.17, 15) is 13.2 Å². The van der Waals surface area contributed by atoms with Crippen LogP contribution in [0, 0.1) is 0 Å². The van der Waals surface area contributed by atoms with E-state index in [4.69, 9.17) is 0 Å². The predicted octanol–water partition coefficient (Wildman–Crippen LogP) is 1.23. The van der Waals surface area contributed by atoms with Crippen molar-refractivity contribution in [2.75, 3.05) is 24.7 Å². The smallest absolute Gasteiger partial charge is 0.272 e. The summed E-state index contributed by atoms with van der Waals surface area (Å²) in [5.74, 6) is -0.317. The number of hydrogen-bond donors (Lipinski definition) is 3. The number of carbonyl (C=O) groups excluding carboxylic acids is 1. The number of hydrogen-bond acceptors (Lipinski definition) is 4. The minimum atomic E-state index is -3.58. The van der Waals surface area contributed by atoms with Crippen LogP contribution in [-0.4, -0.2) is 33.0 Å². The summed E-state index contributed by atoms with van der Waals surface area (Å²) >= 11 is 0. The van der Waals surface area contributed by atoms with E-state index in [1.807, 2.05) is 0 Å². The maximum absolute atomic E-state index is 12.3. The summed E-state index contributed by atoms with van der Waals surface area (Å²) in [6.45, 7) is 0. The van der Waals surface area contributed by atoms with Crippen LogP contribution in [0.3, 0.4) is 0 Å². The highest BCUT2D eigenvalue weighted by Gasteiger charge is 2.16. The lowest BCUT2D eigenvalue weighted by Gasteiger charge is -2.13. The van der Waals surface area contributed by atoms with E-state index in [0.29, 0.717) is 17.1 Å². The van der Waals surface area contributed by atoms with Crippen LogP contribution in [0.5, 0.6) is 0 Å². The van der Waals surface area contributed by atoms with Gasteiger partial charge in [0.15, 0.2) is 0 Å². The maximum Gasteiger partial charge on any atom is 0.272 e. The number of nitrogens with one attached hydrogen (secondary N) is 3. The molecule has 1 heterocycles. The highest BCUT2D eigenvalue weighted by atomic mass is 32.2. The third-order valence-electron chi connectivity index (χ3n) is 3.26. The van der Waals surface area contributed by atoms with Crippen LogP contribution in [0.4, 0.5) is 11.4 Å². The van der Waals surface area contributed by atoms with Gasteiger partial charge in [0, 0.05) is 20.3 Å². The first-order valence-electron chi connectivity index (χ1n) is 6.57. The fourth-order valence-electron chi connectivity index (χ4n) is 2.01. The predicted molar refractivity (Wildman–Crippen MR) is 85.6 cm³/mol. The molecule has 0 bridgehead atoms. The van der Waals surface area contributed by atoms with Crippen molar-refractivity contribution in [2.24, 2.45) is 7.05 Å². The van der Waals surface area contributed by atoms with E-state index in [0.717, 1.165) is 0 Å². The van der Waals surface area contributed by atoms with E-state index in [1.165, 1.54) is 19.2 Å². The largest absolute Gasteiger partial charge is 0.386 e. The molecule has 0 saturated carbocycles. The standard InChI is InChI=1S/C14H18N4O3S/c1-15-11-7-6-10(22(20,21)16-2)9-12(11)17-14(19)13-5-4-8-18(13)3/h4-9,15-16H,1-3H3,(H,17,19). The monoisotopic (exact) mass is 322 g/mol. The third-order valence-corrected chi connectivity index (χ3v) is 4.68. The van der Waals surface area contributed by atoms with Gasteiger partial charge in [-0.25, -0.2) is 13.1 Å².